The number of hydrogen-bond acceptors (Lipinski definition) is 5. The molecule has 2 rings (SSSR count). The standard InChI is InChI=1S/C9H16N4O/c1-7-5-10-3-4-13(7)6-9-11-8(2)12-14-9/h7,10H,3-6H2,1-2H3/t7-/m1/s1. The molecule has 1 fully saturated rings. The Morgan fingerprint density at radius 3 is 3.14 bits per heavy atom. The molecule has 0 amide bonds. The van der Waals surface area contributed by atoms with Crippen LogP contribution in [0, 0.1) is 6.92 Å². The molecule has 1 atom stereocenters. The molecule has 0 aromatic carbocycles. The van der Waals surface area contributed by atoms with Gasteiger partial charge in [0.05, 0.1) is 6.54 Å². The molecule has 14 heavy (non-hydrogen) atoms. The van der Waals surface area contributed by atoms with E-state index in [2.05, 4.69) is 27.3 Å². The molecular formula is C9H16N4O. The van der Waals surface area contributed by atoms with Crippen molar-refractivity contribution >= 4 is 0 Å². The highest BCUT2D eigenvalue weighted by atomic mass is 16.5. The van der Waals surface area contributed by atoms with E-state index in [0.29, 0.717) is 11.9 Å². The average Bonchev–Trinajstić information content (AvgIpc) is 2.56. The molecule has 0 radical (unpaired) electrons. The third-order valence-corrected chi connectivity index (χ3v) is 2.55. The van der Waals surface area contributed by atoms with Crippen LogP contribution in [0.15, 0.2) is 4.52 Å². The number of nitrogens with one attached hydrogen (secondary N) is 1. The summed E-state index contributed by atoms with van der Waals surface area (Å²) in [6.07, 6.45) is 0. The molecule has 1 N–H and O–H groups in total. The predicted octanol–water partition coefficient (Wildman–Crippen LogP) is 0.172. The van der Waals surface area contributed by atoms with Crippen molar-refractivity contribution in [3.63, 3.8) is 0 Å². The van der Waals surface area contributed by atoms with Gasteiger partial charge < -0.3 is 9.84 Å². The van der Waals surface area contributed by atoms with Crippen LogP contribution >= 0.6 is 0 Å². The molecule has 1 aliphatic rings. The van der Waals surface area contributed by atoms with Crippen molar-refractivity contribution in [2.45, 2.75) is 26.4 Å². The molecule has 1 aromatic rings. The zero-order valence-corrected chi connectivity index (χ0v) is 8.66. The van der Waals surface area contributed by atoms with Gasteiger partial charge in [0.1, 0.15) is 0 Å². The van der Waals surface area contributed by atoms with Gasteiger partial charge in [-0.25, -0.2) is 0 Å². The van der Waals surface area contributed by atoms with Crippen molar-refractivity contribution in [1.82, 2.24) is 20.4 Å². The smallest absolute Gasteiger partial charge is 0.240 e. The van der Waals surface area contributed by atoms with Crippen molar-refractivity contribution in [1.29, 1.82) is 0 Å². The van der Waals surface area contributed by atoms with Crippen molar-refractivity contribution in [3.05, 3.63) is 11.7 Å². The average molecular weight is 196 g/mol. The highest BCUT2D eigenvalue weighted by Gasteiger charge is 2.19. The van der Waals surface area contributed by atoms with E-state index in [1.807, 2.05) is 6.92 Å². The van der Waals surface area contributed by atoms with Crippen LogP contribution in [-0.2, 0) is 6.54 Å². The topological polar surface area (TPSA) is 54.2 Å². The molecule has 1 aliphatic heterocycles. The van der Waals surface area contributed by atoms with Crippen molar-refractivity contribution < 1.29 is 4.52 Å². The lowest BCUT2D eigenvalue weighted by atomic mass is 10.2. The quantitative estimate of drug-likeness (QED) is 0.731. The molecule has 5 heteroatoms. The van der Waals surface area contributed by atoms with Gasteiger partial charge in [-0.3, -0.25) is 4.90 Å². The van der Waals surface area contributed by atoms with Crippen molar-refractivity contribution in [3.8, 4) is 0 Å². The fourth-order valence-corrected chi connectivity index (χ4v) is 1.70. The summed E-state index contributed by atoms with van der Waals surface area (Å²) in [5, 5.41) is 7.13. The van der Waals surface area contributed by atoms with Crippen LogP contribution in [0.4, 0.5) is 0 Å². The predicted molar refractivity (Wildman–Crippen MR) is 51.8 cm³/mol. The maximum atomic E-state index is 5.09. The van der Waals surface area contributed by atoms with E-state index in [0.717, 1.165) is 32.1 Å². The Morgan fingerprint density at radius 1 is 1.64 bits per heavy atom. The van der Waals surface area contributed by atoms with Gasteiger partial charge in [0.2, 0.25) is 5.89 Å². The first-order valence-corrected chi connectivity index (χ1v) is 4.99. The Balaban J connectivity index is 1.95. The fourth-order valence-electron chi connectivity index (χ4n) is 1.70. The van der Waals surface area contributed by atoms with Crippen molar-refractivity contribution in [2.75, 3.05) is 19.6 Å². The number of piperazine rings is 1. The molecule has 2 heterocycles. The van der Waals surface area contributed by atoms with E-state index < -0.39 is 0 Å². The first kappa shape index (κ1) is 9.61. The highest BCUT2D eigenvalue weighted by Crippen LogP contribution is 2.07. The van der Waals surface area contributed by atoms with E-state index in [9.17, 15) is 0 Å². The molecule has 1 aromatic heterocycles. The van der Waals surface area contributed by atoms with E-state index in [1.165, 1.54) is 0 Å². The largest absolute Gasteiger partial charge is 0.338 e. The second kappa shape index (κ2) is 4.06. The highest BCUT2D eigenvalue weighted by molar-refractivity contribution is 4.85. The number of aromatic nitrogens is 2. The monoisotopic (exact) mass is 196 g/mol. The lowest BCUT2D eigenvalue weighted by molar-refractivity contribution is 0.146. The van der Waals surface area contributed by atoms with Crippen LogP contribution in [0.1, 0.15) is 18.6 Å². The summed E-state index contributed by atoms with van der Waals surface area (Å²) < 4.78 is 5.09. The number of rotatable bonds is 2. The number of hydrogen-bond donors (Lipinski definition) is 1. The maximum absolute atomic E-state index is 5.09. The molecule has 0 bridgehead atoms. The Kier molecular flexibility index (Phi) is 2.79. The molecule has 5 nitrogen and oxygen atoms in total. The van der Waals surface area contributed by atoms with Gasteiger partial charge in [-0.05, 0) is 13.8 Å². The molecule has 0 saturated carbocycles. The minimum Gasteiger partial charge on any atom is -0.338 e. The first-order chi connectivity index (χ1) is 6.75. The van der Waals surface area contributed by atoms with Crippen LogP contribution in [0.25, 0.3) is 0 Å². The summed E-state index contributed by atoms with van der Waals surface area (Å²) in [4.78, 5) is 6.55. The summed E-state index contributed by atoms with van der Waals surface area (Å²) >= 11 is 0. The molecule has 0 spiro atoms. The third-order valence-electron chi connectivity index (χ3n) is 2.55. The molecule has 1 saturated heterocycles. The van der Waals surface area contributed by atoms with Crippen molar-refractivity contribution in [2.24, 2.45) is 0 Å². The van der Waals surface area contributed by atoms with E-state index in [-0.39, 0.29) is 0 Å². The third kappa shape index (κ3) is 2.10. The van der Waals surface area contributed by atoms with Gasteiger partial charge in [0.25, 0.3) is 0 Å². The van der Waals surface area contributed by atoms with Crippen LogP contribution in [0.2, 0.25) is 0 Å². The van der Waals surface area contributed by atoms with Gasteiger partial charge in [-0.15, -0.1) is 0 Å². The maximum Gasteiger partial charge on any atom is 0.240 e. The Bertz CT molecular complexity index is 299. The minimum atomic E-state index is 0.538. The van der Waals surface area contributed by atoms with E-state index in [1.54, 1.807) is 0 Å². The Hall–Kier alpha value is -0.940. The summed E-state index contributed by atoms with van der Waals surface area (Å²) in [5.41, 5.74) is 0. The second-order valence-corrected chi connectivity index (χ2v) is 3.76. The van der Waals surface area contributed by atoms with Gasteiger partial charge in [-0.2, -0.15) is 4.98 Å². The van der Waals surface area contributed by atoms with Gasteiger partial charge >= 0.3 is 0 Å². The summed E-state index contributed by atoms with van der Waals surface area (Å²) in [5.74, 6) is 1.43. The van der Waals surface area contributed by atoms with Gasteiger partial charge in [0.15, 0.2) is 5.82 Å². The second-order valence-electron chi connectivity index (χ2n) is 3.76. The van der Waals surface area contributed by atoms with E-state index in [4.69, 9.17) is 4.52 Å². The summed E-state index contributed by atoms with van der Waals surface area (Å²) in [6.45, 7) is 7.93. The Morgan fingerprint density at radius 2 is 2.50 bits per heavy atom. The summed E-state index contributed by atoms with van der Waals surface area (Å²) in [6, 6.07) is 0.538. The van der Waals surface area contributed by atoms with Gasteiger partial charge in [0, 0.05) is 25.7 Å². The van der Waals surface area contributed by atoms with Crippen LogP contribution < -0.4 is 5.32 Å². The number of nitrogens with zero attached hydrogens (tertiary/aromatic N) is 3. The lowest BCUT2D eigenvalue weighted by Gasteiger charge is -2.32. The SMILES string of the molecule is Cc1noc(CN2CCNC[C@H]2C)n1. The van der Waals surface area contributed by atoms with E-state index >= 15 is 0 Å². The minimum absolute atomic E-state index is 0.538. The van der Waals surface area contributed by atoms with Crippen LogP contribution in [0.5, 0.6) is 0 Å². The normalized spacial score (nSPS) is 24.0. The lowest BCUT2D eigenvalue weighted by Crippen LogP contribution is -2.49. The summed E-state index contributed by atoms with van der Waals surface area (Å²) in [7, 11) is 0. The molecule has 0 unspecified atom stereocenters. The molecule has 78 valence electrons. The Labute approximate surface area is 83.5 Å². The molecule has 0 aliphatic carbocycles. The number of aryl methyl sites for hydroxylation is 1. The van der Waals surface area contributed by atoms with Crippen LogP contribution in [-0.4, -0.2) is 40.7 Å². The van der Waals surface area contributed by atoms with Gasteiger partial charge in [-0.1, -0.05) is 5.16 Å². The fraction of sp³-hybridized carbons (Fsp3) is 0.778. The zero-order valence-electron chi connectivity index (χ0n) is 8.66. The van der Waals surface area contributed by atoms with Crippen LogP contribution in [0.3, 0.4) is 0 Å². The first-order valence-electron chi connectivity index (χ1n) is 4.99. The zero-order chi connectivity index (χ0) is 9.97. The molecular weight excluding hydrogens is 180 g/mol.